The van der Waals surface area contributed by atoms with Gasteiger partial charge in [0.2, 0.25) is 0 Å². The van der Waals surface area contributed by atoms with Crippen molar-refractivity contribution in [2.24, 2.45) is 0 Å². The molecule has 4 aromatic heterocycles. The summed E-state index contributed by atoms with van der Waals surface area (Å²) in [5.74, 6) is 2.14. The Morgan fingerprint density at radius 2 is 1.97 bits per heavy atom. The van der Waals surface area contributed by atoms with Gasteiger partial charge in [-0.1, -0.05) is 17.3 Å². The zero-order valence-electron chi connectivity index (χ0n) is 17.0. The third-order valence-electron chi connectivity index (χ3n) is 5.08. The van der Waals surface area contributed by atoms with E-state index >= 15 is 0 Å². The number of anilines is 1. The number of aromatic hydroxyl groups is 1. The number of aromatic nitrogens is 5. The van der Waals surface area contributed by atoms with Crippen LogP contribution in [0.2, 0.25) is 0 Å². The second kappa shape index (κ2) is 7.84. The van der Waals surface area contributed by atoms with E-state index in [4.69, 9.17) is 14.5 Å². The first-order valence-corrected chi connectivity index (χ1v) is 10.8. The lowest BCUT2D eigenvalue weighted by molar-refractivity contribution is 0.393. The van der Waals surface area contributed by atoms with Crippen LogP contribution in [0.25, 0.3) is 28.2 Å². The number of fused-ring (bicyclic) bond motifs is 1. The van der Waals surface area contributed by atoms with Crippen LogP contribution in [0.15, 0.2) is 51.9 Å². The van der Waals surface area contributed by atoms with E-state index in [2.05, 4.69) is 20.8 Å². The fourth-order valence-corrected chi connectivity index (χ4v) is 4.14. The van der Waals surface area contributed by atoms with Crippen molar-refractivity contribution in [2.75, 3.05) is 11.9 Å². The van der Waals surface area contributed by atoms with Crippen molar-refractivity contribution in [2.45, 2.75) is 20.3 Å². The Morgan fingerprint density at radius 3 is 2.68 bits per heavy atom. The summed E-state index contributed by atoms with van der Waals surface area (Å²) in [7, 11) is 0. The Kier molecular flexibility index (Phi) is 4.87. The summed E-state index contributed by atoms with van der Waals surface area (Å²) in [6, 6.07) is 9.23. The lowest BCUT2D eigenvalue weighted by atomic mass is 10.1. The number of rotatable bonds is 6. The highest BCUT2D eigenvalue weighted by Gasteiger charge is 2.20. The number of aryl methyl sites for hydroxylation is 2. The number of hydrogen-bond donors (Lipinski definition) is 2. The fourth-order valence-electron chi connectivity index (χ4n) is 3.51. The Bertz CT molecular complexity index is 1320. The maximum atomic E-state index is 9.47. The van der Waals surface area contributed by atoms with Gasteiger partial charge >= 0.3 is 0 Å². The molecule has 0 unspecified atom stereocenters. The van der Waals surface area contributed by atoms with Gasteiger partial charge in [-0.05, 0) is 49.4 Å². The molecule has 0 atom stereocenters. The largest absolute Gasteiger partial charge is 0.508 e. The van der Waals surface area contributed by atoms with Crippen molar-refractivity contribution in [3.8, 4) is 22.8 Å². The Hall–Kier alpha value is -3.72. The van der Waals surface area contributed by atoms with E-state index < -0.39 is 0 Å². The first-order chi connectivity index (χ1) is 15.1. The highest BCUT2D eigenvalue weighted by molar-refractivity contribution is 7.08. The van der Waals surface area contributed by atoms with Gasteiger partial charge in [0.1, 0.15) is 17.8 Å². The van der Waals surface area contributed by atoms with E-state index in [1.165, 1.54) is 0 Å². The number of hydrogen-bond acceptors (Lipinski definition) is 8. The number of phenolic OH excluding ortho intramolecular Hbond substituents is 1. The summed E-state index contributed by atoms with van der Waals surface area (Å²) in [4.78, 5) is 14.2. The quantitative estimate of drug-likeness (QED) is 0.407. The van der Waals surface area contributed by atoms with Crippen LogP contribution in [-0.4, -0.2) is 36.3 Å². The van der Waals surface area contributed by atoms with Crippen molar-refractivity contribution in [3.05, 3.63) is 64.4 Å². The molecule has 31 heavy (non-hydrogen) atoms. The van der Waals surface area contributed by atoms with Gasteiger partial charge in [-0.15, -0.1) is 0 Å². The molecule has 0 aliphatic carbocycles. The topological polar surface area (TPSA) is 102 Å². The molecule has 5 rings (SSSR count). The van der Waals surface area contributed by atoms with Gasteiger partial charge in [-0.2, -0.15) is 11.3 Å². The zero-order chi connectivity index (χ0) is 21.4. The summed E-state index contributed by atoms with van der Waals surface area (Å²) < 4.78 is 7.30. The van der Waals surface area contributed by atoms with E-state index in [0.29, 0.717) is 29.5 Å². The molecule has 0 amide bonds. The zero-order valence-corrected chi connectivity index (χ0v) is 17.8. The number of benzene rings is 1. The van der Waals surface area contributed by atoms with E-state index in [1.807, 2.05) is 42.0 Å². The molecule has 0 bridgehead atoms. The van der Waals surface area contributed by atoms with Gasteiger partial charge < -0.3 is 14.9 Å². The van der Waals surface area contributed by atoms with Gasteiger partial charge in [0.05, 0.1) is 16.9 Å². The van der Waals surface area contributed by atoms with Crippen LogP contribution in [0.4, 0.5) is 5.82 Å². The van der Waals surface area contributed by atoms with Crippen molar-refractivity contribution >= 4 is 28.3 Å². The van der Waals surface area contributed by atoms with E-state index in [-0.39, 0.29) is 5.75 Å². The SMILES string of the molecule is Cc1noc(C)c1-c1nc(NCCc2ccc(O)cc2)c2ncn(-c3ccsc3)c2n1. The third-order valence-corrected chi connectivity index (χ3v) is 5.75. The molecule has 2 N–H and O–H groups in total. The van der Waals surface area contributed by atoms with Crippen molar-refractivity contribution in [3.63, 3.8) is 0 Å². The molecule has 0 spiro atoms. The molecule has 0 saturated carbocycles. The monoisotopic (exact) mass is 432 g/mol. The van der Waals surface area contributed by atoms with Gasteiger partial charge in [-0.25, -0.2) is 15.0 Å². The van der Waals surface area contributed by atoms with Crippen LogP contribution in [0.1, 0.15) is 17.0 Å². The Labute approximate surface area is 182 Å². The summed E-state index contributed by atoms with van der Waals surface area (Å²) in [6.07, 6.45) is 2.54. The van der Waals surface area contributed by atoms with Crippen LogP contribution >= 0.6 is 11.3 Å². The minimum absolute atomic E-state index is 0.261. The lowest BCUT2D eigenvalue weighted by Gasteiger charge is -2.09. The highest BCUT2D eigenvalue weighted by atomic mass is 32.1. The van der Waals surface area contributed by atoms with Crippen LogP contribution in [0.3, 0.4) is 0 Å². The molecule has 1 aromatic carbocycles. The Morgan fingerprint density at radius 1 is 1.13 bits per heavy atom. The minimum atomic E-state index is 0.261. The number of thiophene rings is 1. The fraction of sp³-hybridized carbons (Fsp3) is 0.182. The maximum Gasteiger partial charge on any atom is 0.170 e. The number of imidazole rings is 1. The van der Waals surface area contributed by atoms with E-state index in [0.717, 1.165) is 34.6 Å². The van der Waals surface area contributed by atoms with Gasteiger partial charge in [0.15, 0.2) is 22.8 Å². The van der Waals surface area contributed by atoms with Crippen LogP contribution < -0.4 is 5.32 Å². The highest BCUT2D eigenvalue weighted by Crippen LogP contribution is 2.29. The maximum absolute atomic E-state index is 9.47. The third kappa shape index (κ3) is 3.64. The molecular weight excluding hydrogens is 412 g/mol. The molecule has 4 heterocycles. The van der Waals surface area contributed by atoms with E-state index in [9.17, 15) is 5.11 Å². The first kappa shape index (κ1) is 19.3. The second-order valence-electron chi connectivity index (χ2n) is 7.21. The molecule has 0 saturated heterocycles. The molecule has 8 nitrogen and oxygen atoms in total. The molecule has 0 fully saturated rings. The first-order valence-electron chi connectivity index (χ1n) is 9.83. The van der Waals surface area contributed by atoms with E-state index in [1.54, 1.807) is 29.8 Å². The average molecular weight is 433 g/mol. The smallest absolute Gasteiger partial charge is 0.170 e. The molecule has 0 aliphatic heterocycles. The molecular formula is C22H20N6O2S. The number of phenols is 1. The average Bonchev–Trinajstić information content (AvgIpc) is 3.49. The van der Waals surface area contributed by atoms with Gasteiger partial charge in [-0.3, -0.25) is 4.57 Å². The second-order valence-corrected chi connectivity index (χ2v) is 7.99. The molecule has 0 radical (unpaired) electrons. The number of nitrogens with one attached hydrogen (secondary N) is 1. The van der Waals surface area contributed by atoms with Crippen LogP contribution in [0.5, 0.6) is 5.75 Å². The van der Waals surface area contributed by atoms with Crippen molar-refractivity contribution in [1.29, 1.82) is 0 Å². The summed E-state index contributed by atoms with van der Waals surface area (Å²) >= 11 is 1.62. The standard InChI is InChI=1S/C22H20N6O2S/c1-13-18(14(2)30-27-13)20-25-21(23-9-7-15-3-5-17(29)6-4-15)19-22(26-20)28(12-24-19)16-8-10-31-11-16/h3-6,8,10-12,29H,7,9H2,1-2H3,(H,23,25,26). The summed E-state index contributed by atoms with van der Waals surface area (Å²) in [6.45, 7) is 4.40. The summed E-state index contributed by atoms with van der Waals surface area (Å²) in [5.41, 5.74) is 5.08. The Balaban J connectivity index is 1.55. The number of nitrogens with zero attached hydrogens (tertiary/aromatic N) is 5. The van der Waals surface area contributed by atoms with Crippen LogP contribution in [0, 0.1) is 13.8 Å². The van der Waals surface area contributed by atoms with Crippen molar-refractivity contribution < 1.29 is 9.63 Å². The van der Waals surface area contributed by atoms with Crippen LogP contribution in [-0.2, 0) is 6.42 Å². The molecule has 5 aromatic rings. The normalized spacial score (nSPS) is 11.3. The predicted molar refractivity (Wildman–Crippen MR) is 120 cm³/mol. The molecule has 9 heteroatoms. The molecule has 156 valence electrons. The molecule has 0 aliphatic rings. The summed E-state index contributed by atoms with van der Waals surface area (Å²) in [5, 5.41) is 21.0. The van der Waals surface area contributed by atoms with Crippen molar-refractivity contribution in [1.82, 2.24) is 24.7 Å². The van der Waals surface area contributed by atoms with Gasteiger partial charge in [0, 0.05) is 11.9 Å². The minimum Gasteiger partial charge on any atom is -0.508 e. The van der Waals surface area contributed by atoms with Gasteiger partial charge in [0.25, 0.3) is 0 Å². The lowest BCUT2D eigenvalue weighted by Crippen LogP contribution is -2.09. The predicted octanol–water partition coefficient (Wildman–Crippen LogP) is 4.51.